The van der Waals surface area contributed by atoms with E-state index >= 15 is 0 Å². The largest absolute Gasteiger partial charge is 0.539 e. The average Bonchev–Trinajstić information content (AvgIpc) is 2.92. The van der Waals surface area contributed by atoms with E-state index in [9.17, 15) is 5.11 Å². The maximum atomic E-state index is 11.6. The summed E-state index contributed by atoms with van der Waals surface area (Å²) in [4.78, 5) is 0. The molecule has 0 saturated carbocycles. The van der Waals surface area contributed by atoms with E-state index in [0.717, 1.165) is 18.5 Å². The van der Waals surface area contributed by atoms with Crippen LogP contribution >= 0.6 is 0 Å². The monoisotopic (exact) mass is 321 g/mol. The van der Waals surface area contributed by atoms with E-state index in [0.29, 0.717) is 23.7 Å². The van der Waals surface area contributed by atoms with Crippen LogP contribution in [0.2, 0.25) is 0 Å². The lowest BCUT2D eigenvalue weighted by Crippen LogP contribution is -2.43. The molecular weight excluding hydrogens is 298 g/mol. The van der Waals surface area contributed by atoms with Crippen molar-refractivity contribution in [1.82, 2.24) is 10.6 Å². The van der Waals surface area contributed by atoms with Crippen molar-refractivity contribution in [3.8, 4) is 17.4 Å². The van der Waals surface area contributed by atoms with Gasteiger partial charge in [0.25, 0.3) is 0 Å². The molecule has 1 N–H and O–H groups in total. The van der Waals surface area contributed by atoms with Gasteiger partial charge in [0.1, 0.15) is 0 Å². The third-order valence-corrected chi connectivity index (χ3v) is 3.54. The van der Waals surface area contributed by atoms with Crippen molar-refractivity contribution in [2.75, 3.05) is 20.8 Å². The fourth-order valence-corrected chi connectivity index (χ4v) is 2.31. The average molecular weight is 321 g/mol. The third-order valence-electron chi connectivity index (χ3n) is 3.54. The Morgan fingerprint density at radius 3 is 2.65 bits per heavy atom. The fourth-order valence-electron chi connectivity index (χ4n) is 2.31. The number of benzene rings is 1. The minimum Gasteiger partial charge on any atom is -0.539 e. The smallest absolute Gasteiger partial charge is 0.247 e. The van der Waals surface area contributed by atoms with Crippen molar-refractivity contribution in [3.63, 3.8) is 0 Å². The van der Waals surface area contributed by atoms with E-state index in [2.05, 4.69) is 10.6 Å². The Kier molecular flexibility index (Phi) is 5.81. The summed E-state index contributed by atoms with van der Waals surface area (Å²) in [5.74, 6) is 1.03. The molecule has 23 heavy (non-hydrogen) atoms. The quantitative estimate of drug-likeness (QED) is 0.576. The molecule has 0 saturated heterocycles. The van der Waals surface area contributed by atoms with E-state index < -0.39 is 5.95 Å². The second-order valence-corrected chi connectivity index (χ2v) is 5.46. The third kappa shape index (κ3) is 4.13. The highest BCUT2D eigenvalue weighted by atomic mass is 16.6. The van der Waals surface area contributed by atoms with Gasteiger partial charge in [0.2, 0.25) is 5.69 Å². The fraction of sp³-hybridized carbons (Fsp3) is 0.500. The van der Waals surface area contributed by atoms with Gasteiger partial charge < -0.3 is 24.4 Å². The van der Waals surface area contributed by atoms with Gasteiger partial charge in [0.15, 0.2) is 23.5 Å². The summed E-state index contributed by atoms with van der Waals surface area (Å²) < 4.78 is 16.8. The predicted octanol–water partition coefficient (Wildman–Crippen LogP) is 0.966. The molecule has 2 aromatic rings. The SMILES string of the molecule is COc1ccc(CCNCc2c([O-])on[n+]2C(C)C)cc1OC. The van der Waals surface area contributed by atoms with Crippen LogP contribution in [-0.2, 0) is 13.0 Å². The van der Waals surface area contributed by atoms with Crippen LogP contribution in [0.3, 0.4) is 0 Å². The van der Waals surface area contributed by atoms with Crippen molar-refractivity contribution in [1.29, 1.82) is 0 Å². The van der Waals surface area contributed by atoms with Gasteiger partial charge in [-0.05, 0) is 44.5 Å². The number of methoxy groups -OCH3 is 2. The summed E-state index contributed by atoms with van der Waals surface area (Å²) in [6.07, 6.45) is 0.807. The number of rotatable bonds is 8. The van der Waals surface area contributed by atoms with Gasteiger partial charge in [0, 0.05) is 0 Å². The van der Waals surface area contributed by atoms with Gasteiger partial charge in [0.05, 0.1) is 26.0 Å². The molecule has 126 valence electrons. The molecular formula is C16H23N3O4. The van der Waals surface area contributed by atoms with Gasteiger partial charge in [-0.25, -0.2) is 0 Å². The second-order valence-electron chi connectivity index (χ2n) is 5.46. The molecule has 0 atom stereocenters. The zero-order valence-corrected chi connectivity index (χ0v) is 14.0. The van der Waals surface area contributed by atoms with Crippen LogP contribution in [0, 0.1) is 0 Å². The van der Waals surface area contributed by atoms with Gasteiger partial charge in [-0.15, -0.1) is 0 Å². The summed E-state index contributed by atoms with van der Waals surface area (Å²) in [5.41, 5.74) is 1.66. The molecule has 0 radical (unpaired) electrons. The minimum atomic E-state index is -0.391. The van der Waals surface area contributed by atoms with Gasteiger partial charge in [-0.2, -0.15) is 0 Å². The van der Waals surface area contributed by atoms with Crippen LogP contribution in [0.25, 0.3) is 0 Å². The van der Waals surface area contributed by atoms with Crippen LogP contribution in [-0.4, -0.2) is 26.0 Å². The van der Waals surface area contributed by atoms with Crippen LogP contribution < -0.4 is 24.6 Å². The molecule has 1 aromatic carbocycles. The number of aromatic nitrogens is 2. The molecule has 0 aliphatic carbocycles. The number of ether oxygens (including phenoxy) is 2. The van der Waals surface area contributed by atoms with E-state index in [1.807, 2.05) is 32.0 Å². The van der Waals surface area contributed by atoms with Crippen molar-refractivity contribution in [3.05, 3.63) is 29.5 Å². The normalized spacial score (nSPS) is 11.0. The molecule has 0 bridgehead atoms. The Balaban J connectivity index is 1.90. The first-order valence-corrected chi connectivity index (χ1v) is 7.55. The summed E-state index contributed by atoms with van der Waals surface area (Å²) in [5, 5.41) is 18.6. The molecule has 0 aliphatic heterocycles. The zero-order chi connectivity index (χ0) is 16.8. The first-order valence-electron chi connectivity index (χ1n) is 7.55. The zero-order valence-electron chi connectivity index (χ0n) is 14.0. The van der Waals surface area contributed by atoms with Crippen molar-refractivity contribution >= 4 is 0 Å². The maximum absolute atomic E-state index is 11.6. The second kappa shape index (κ2) is 7.82. The molecule has 0 aliphatic rings. The molecule has 1 heterocycles. The Hall–Kier alpha value is -2.28. The highest BCUT2D eigenvalue weighted by Gasteiger charge is 2.19. The van der Waals surface area contributed by atoms with E-state index in [1.165, 1.54) is 0 Å². The van der Waals surface area contributed by atoms with Gasteiger partial charge in [-0.1, -0.05) is 10.7 Å². The molecule has 7 heteroatoms. The summed E-state index contributed by atoms with van der Waals surface area (Å²) >= 11 is 0. The first-order chi connectivity index (χ1) is 11.1. The summed E-state index contributed by atoms with van der Waals surface area (Å²) in [6.45, 7) is 5.05. The summed E-state index contributed by atoms with van der Waals surface area (Å²) in [7, 11) is 3.23. The number of hydrogen-bond acceptors (Lipinski definition) is 6. The molecule has 1 aromatic heterocycles. The highest BCUT2D eigenvalue weighted by molar-refractivity contribution is 5.42. The number of hydrogen-bond donors (Lipinski definition) is 1. The van der Waals surface area contributed by atoms with Gasteiger partial charge >= 0.3 is 0 Å². The minimum absolute atomic E-state index is 0.0871. The molecule has 7 nitrogen and oxygen atoms in total. The molecule has 0 fully saturated rings. The van der Waals surface area contributed by atoms with Crippen LogP contribution in [0.4, 0.5) is 0 Å². The Labute approximate surface area is 135 Å². The van der Waals surface area contributed by atoms with E-state index in [-0.39, 0.29) is 6.04 Å². The topological polar surface area (TPSA) is 83.5 Å². The highest BCUT2D eigenvalue weighted by Crippen LogP contribution is 2.27. The molecule has 0 amide bonds. The first kappa shape index (κ1) is 17.1. The van der Waals surface area contributed by atoms with Gasteiger partial charge in [-0.3, -0.25) is 0 Å². The predicted molar refractivity (Wildman–Crippen MR) is 81.5 cm³/mol. The van der Waals surface area contributed by atoms with Crippen LogP contribution in [0.15, 0.2) is 22.7 Å². The van der Waals surface area contributed by atoms with Crippen molar-refractivity contribution < 1.29 is 23.8 Å². The lowest BCUT2D eigenvalue weighted by Gasteiger charge is -2.10. The van der Waals surface area contributed by atoms with E-state index in [4.69, 9.17) is 14.0 Å². The van der Waals surface area contributed by atoms with Crippen LogP contribution in [0.1, 0.15) is 31.1 Å². The molecule has 2 rings (SSSR count). The van der Waals surface area contributed by atoms with E-state index in [1.54, 1.807) is 18.9 Å². The molecule has 0 unspecified atom stereocenters. The Bertz CT molecular complexity index is 640. The van der Waals surface area contributed by atoms with Crippen molar-refractivity contribution in [2.24, 2.45) is 0 Å². The Morgan fingerprint density at radius 2 is 2.00 bits per heavy atom. The summed E-state index contributed by atoms with van der Waals surface area (Å²) in [6, 6.07) is 5.92. The van der Waals surface area contributed by atoms with Crippen molar-refractivity contribution in [2.45, 2.75) is 32.9 Å². The lowest BCUT2D eigenvalue weighted by molar-refractivity contribution is -0.785. The maximum Gasteiger partial charge on any atom is 0.247 e. The van der Waals surface area contributed by atoms with Crippen LogP contribution in [0.5, 0.6) is 17.4 Å². The number of nitrogens with zero attached hydrogens (tertiary/aromatic N) is 2. The lowest BCUT2D eigenvalue weighted by atomic mass is 10.1. The number of nitrogens with one attached hydrogen (secondary N) is 1. The Morgan fingerprint density at radius 1 is 1.26 bits per heavy atom. The molecule has 0 spiro atoms. The standard InChI is InChI=1S/C16H23N3O4/c1-11(2)19-13(16(20)23-18-19)10-17-8-7-12-5-6-14(21-3)15(9-12)22-4/h5-6,9,11,17H,7-8,10H2,1-4H3.